The first-order valence-corrected chi connectivity index (χ1v) is 5.34. The Morgan fingerprint density at radius 2 is 2.18 bits per heavy atom. The fourth-order valence-corrected chi connectivity index (χ4v) is 1.50. The van der Waals surface area contributed by atoms with Gasteiger partial charge in [0.05, 0.1) is 7.05 Å². The van der Waals surface area contributed by atoms with Crippen LogP contribution in [0.1, 0.15) is 11.4 Å². The summed E-state index contributed by atoms with van der Waals surface area (Å²) in [6, 6.07) is 7.59. The largest absolute Gasteiger partial charge is 0.485 e. The normalized spacial score (nSPS) is 10.5. The van der Waals surface area contributed by atoms with Crippen LogP contribution in [0.25, 0.3) is 0 Å². The van der Waals surface area contributed by atoms with Crippen molar-refractivity contribution < 1.29 is 9.84 Å². The number of ether oxygens (including phenoxy) is 1. The van der Waals surface area contributed by atoms with Crippen molar-refractivity contribution >= 4 is 0 Å². The lowest BCUT2D eigenvalue weighted by Crippen LogP contribution is -2.02. The fraction of sp³-hybridized carbons (Fsp3) is 0.364. The van der Waals surface area contributed by atoms with Gasteiger partial charge in [0.15, 0.2) is 6.61 Å². The van der Waals surface area contributed by atoms with Gasteiger partial charge in [0.25, 0.3) is 0 Å². The monoisotopic (exact) mass is 234 g/mol. The van der Waals surface area contributed by atoms with Gasteiger partial charge in [-0.3, -0.25) is 0 Å². The molecule has 0 spiro atoms. The third kappa shape index (κ3) is 3.01. The van der Waals surface area contributed by atoms with Crippen LogP contribution in [0.3, 0.4) is 0 Å². The van der Waals surface area contributed by atoms with E-state index in [1.54, 1.807) is 7.05 Å². The summed E-state index contributed by atoms with van der Waals surface area (Å²) < 4.78 is 5.60. The van der Waals surface area contributed by atoms with E-state index >= 15 is 0 Å². The fourth-order valence-electron chi connectivity index (χ4n) is 1.50. The number of aryl methyl sites for hydroxylation is 1. The molecule has 0 atom stereocenters. The van der Waals surface area contributed by atoms with Gasteiger partial charge in [0.1, 0.15) is 5.75 Å². The Morgan fingerprint density at radius 1 is 1.35 bits per heavy atom. The van der Waals surface area contributed by atoms with Crippen LogP contribution in [-0.2, 0) is 20.1 Å². The molecule has 0 unspecified atom stereocenters. The van der Waals surface area contributed by atoms with Crippen molar-refractivity contribution in [1.29, 1.82) is 0 Å². The molecule has 0 bridgehead atoms. The number of nitrogens with zero attached hydrogens (tertiary/aromatic N) is 4. The number of tetrazole rings is 1. The summed E-state index contributed by atoms with van der Waals surface area (Å²) in [6.45, 7) is 0.375. The Balaban J connectivity index is 2.03. The molecule has 2 aromatic rings. The van der Waals surface area contributed by atoms with Crippen molar-refractivity contribution in [3.63, 3.8) is 0 Å². The van der Waals surface area contributed by atoms with Gasteiger partial charge >= 0.3 is 0 Å². The molecule has 0 saturated carbocycles. The first kappa shape index (κ1) is 11.5. The number of benzene rings is 1. The van der Waals surface area contributed by atoms with Crippen LogP contribution < -0.4 is 4.74 Å². The summed E-state index contributed by atoms with van der Waals surface area (Å²) >= 11 is 0. The van der Waals surface area contributed by atoms with E-state index in [4.69, 9.17) is 9.84 Å². The SMILES string of the molecule is Cn1nnc(COc2ccccc2CCO)n1. The van der Waals surface area contributed by atoms with Crippen LogP contribution in [0, 0.1) is 0 Å². The van der Waals surface area contributed by atoms with E-state index in [1.807, 2.05) is 24.3 Å². The maximum atomic E-state index is 8.94. The Morgan fingerprint density at radius 3 is 2.88 bits per heavy atom. The van der Waals surface area contributed by atoms with Gasteiger partial charge in [-0.15, -0.1) is 10.2 Å². The van der Waals surface area contributed by atoms with E-state index in [0.29, 0.717) is 12.2 Å². The van der Waals surface area contributed by atoms with E-state index in [9.17, 15) is 0 Å². The van der Waals surface area contributed by atoms with Crippen LogP contribution in [0.4, 0.5) is 0 Å². The van der Waals surface area contributed by atoms with Gasteiger partial charge in [-0.1, -0.05) is 18.2 Å². The highest BCUT2D eigenvalue weighted by Gasteiger charge is 2.05. The Labute approximate surface area is 98.8 Å². The van der Waals surface area contributed by atoms with Crippen molar-refractivity contribution in [2.24, 2.45) is 7.05 Å². The Hall–Kier alpha value is -1.95. The minimum atomic E-state index is 0.101. The summed E-state index contributed by atoms with van der Waals surface area (Å²) in [5, 5.41) is 20.5. The molecule has 1 aromatic heterocycles. The zero-order valence-electron chi connectivity index (χ0n) is 9.58. The molecular formula is C11H14N4O2. The number of hydrogen-bond acceptors (Lipinski definition) is 5. The lowest BCUT2D eigenvalue weighted by atomic mass is 10.1. The highest BCUT2D eigenvalue weighted by atomic mass is 16.5. The molecule has 90 valence electrons. The molecule has 6 nitrogen and oxygen atoms in total. The molecule has 1 aromatic carbocycles. The minimum absolute atomic E-state index is 0.101. The molecule has 6 heteroatoms. The molecule has 0 saturated heterocycles. The molecule has 0 radical (unpaired) electrons. The quantitative estimate of drug-likeness (QED) is 0.806. The maximum absolute atomic E-state index is 8.94. The maximum Gasteiger partial charge on any atom is 0.212 e. The number of para-hydroxylation sites is 1. The van der Waals surface area contributed by atoms with E-state index in [-0.39, 0.29) is 13.2 Å². The Bertz CT molecular complexity index is 484. The summed E-state index contributed by atoms with van der Waals surface area (Å²) in [4.78, 5) is 1.39. The molecule has 0 fully saturated rings. The predicted octanol–water partition coefficient (Wildman–Crippen LogP) is 0.324. The van der Waals surface area contributed by atoms with Crippen molar-refractivity contribution in [3.05, 3.63) is 35.7 Å². The van der Waals surface area contributed by atoms with Gasteiger partial charge in [-0.2, -0.15) is 4.80 Å². The van der Waals surface area contributed by atoms with Crippen molar-refractivity contribution in [2.45, 2.75) is 13.0 Å². The molecule has 0 aliphatic carbocycles. The number of hydrogen-bond donors (Lipinski definition) is 1. The van der Waals surface area contributed by atoms with E-state index < -0.39 is 0 Å². The van der Waals surface area contributed by atoms with Crippen LogP contribution in [0.5, 0.6) is 5.75 Å². The van der Waals surface area contributed by atoms with Crippen molar-refractivity contribution in [1.82, 2.24) is 20.2 Å². The van der Waals surface area contributed by atoms with E-state index in [2.05, 4.69) is 15.4 Å². The third-order valence-electron chi connectivity index (χ3n) is 2.26. The van der Waals surface area contributed by atoms with Gasteiger partial charge in [-0.05, 0) is 23.3 Å². The second-order valence-corrected chi connectivity index (χ2v) is 3.57. The highest BCUT2D eigenvalue weighted by molar-refractivity contribution is 5.33. The molecule has 17 heavy (non-hydrogen) atoms. The van der Waals surface area contributed by atoms with Gasteiger partial charge < -0.3 is 9.84 Å². The second kappa shape index (κ2) is 5.40. The summed E-state index contributed by atoms with van der Waals surface area (Å²) in [5.74, 6) is 1.28. The summed E-state index contributed by atoms with van der Waals surface area (Å²) in [5.41, 5.74) is 0.971. The predicted molar refractivity (Wildman–Crippen MR) is 60.4 cm³/mol. The standard InChI is InChI=1S/C11H14N4O2/c1-15-13-11(12-14-15)8-17-10-5-3-2-4-9(10)6-7-16/h2-5,16H,6-8H2,1H3. The molecule has 0 aliphatic rings. The minimum Gasteiger partial charge on any atom is -0.485 e. The number of aliphatic hydroxyl groups is 1. The van der Waals surface area contributed by atoms with Crippen LogP contribution in [0.2, 0.25) is 0 Å². The number of rotatable bonds is 5. The molecule has 1 heterocycles. The third-order valence-corrected chi connectivity index (χ3v) is 2.26. The van der Waals surface area contributed by atoms with Crippen LogP contribution in [-0.4, -0.2) is 31.9 Å². The first-order chi connectivity index (χ1) is 8.29. The lowest BCUT2D eigenvalue weighted by Gasteiger charge is -2.08. The molecule has 2 rings (SSSR count). The highest BCUT2D eigenvalue weighted by Crippen LogP contribution is 2.18. The van der Waals surface area contributed by atoms with Crippen LogP contribution >= 0.6 is 0 Å². The number of aliphatic hydroxyl groups excluding tert-OH is 1. The average Bonchev–Trinajstić information content (AvgIpc) is 2.74. The zero-order chi connectivity index (χ0) is 12.1. The van der Waals surface area contributed by atoms with Gasteiger partial charge in [-0.25, -0.2) is 0 Å². The van der Waals surface area contributed by atoms with Gasteiger partial charge in [0.2, 0.25) is 5.82 Å². The topological polar surface area (TPSA) is 73.1 Å². The molecule has 0 aliphatic heterocycles. The number of aromatic nitrogens is 4. The van der Waals surface area contributed by atoms with Crippen molar-refractivity contribution in [2.75, 3.05) is 6.61 Å². The van der Waals surface area contributed by atoms with Crippen LogP contribution in [0.15, 0.2) is 24.3 Å². The molecule has 1 N–H and O–H groups in total. The van der Waals surface area contributed by atoms with E-state index in [0.717, 1.165) is 11.3 Å². The smallest absolute Gasteiger partial charge is 0.212 e. The lowest BCUT2D eigenvalue weighted by molar-refractivity contribution is 0.279. The van der Waals surface area contributed by atoms with E-state index in [1.165, 1.54) is 4.80 Å². The Kier molecular flexibility index (Phi) is 3.66. The average molecular weight is 234 g/mol. The van der Waals surface area contributed by atoms with Gasteiger partial charge in [0, 0.05) is 6.61 Å². The second-order valence-electron chi connectivity index (χ2n) is 3.57. The zero-order valence-corrected chi connectivity index (χ0v) is 9.58. The van der Waals surface area contributed by atoms with Crippen molar-refractivity contribution in [3.8, 4) is 5.75 Å². The summed E-state index contributed by atoms with van der Waals surface area (Å²) in [7, 11) is 1.70. The first-order valence-electron chi connectivity index (χ1n) is 5.34. The molecule has 0 amide bonds. The molecular weight excluding hydrogens is 220 g/mol. The summed E-state index contributed by atoms with van der Waals surface area (Å²) in [6.07, 6.45) is 0.573.